The summed E-state index contributed by atoms with van der Waals surface area (Å²) >= 11 is 1.43. The third kappa shape index (κ3) is 3.22. The molecule has 0 spiro atoms. The smallest absolute Gasteiger partial charge is 0.270 e. The maximum absolute atomic E-state index is 12.2. The summed E-state index contributed by atoms with van der Waals surface area (Å²) in [6.07, 6.45) is 4.00. The van der Waals surface area contributed by atoms with Crippen LogP contribution in [0.25, 0.3) is 0 Å². The minimum atomic E-state index is -0.117. The molecule has 0 radical (unpaired) electrons. The van der Waals surface area contributed by atoms with Gasteiger partial charge in [-0.05, 0) is 18.9 Å². The van der Waals surface area contributed by atoms with Gasteiger partial charge in [0.05, 0.1) is 17.2 Å². The van der Waals surface area contributed by atoms with Crippen molar-refractivity contribution in [3.63, 3.8) is 0 Å². The molecule has 1 amide bonds. The molecule has 2 aromatic heterocycles. The Hall–Kier alpha value is -1.77. The molecule has 1 saturated heterocycles. The van der Waals surface area contributed by atoms with Gasteiger partial charge in [-0.3, -0.25) is 14.4 Å². The zero-order valence-corrected chi connectivity index (χ0v) is 14.2. The van der Waals surface area contributed by atoms with Crippen LogP contribution >= 0.6 is 11.3 Å². The molecule has 2 aliphatic heterocycles. The molecule has 8 heteroatoms. The zero-order chi connectivity index (χ0) is 16.4. The molecule has 7 nitrogen and oxygen atoms in total. The van der Waals surface area contributed by atoms with Gasteiger partial charge < -0.3 is 10.1 Å². The van der Waals surface area contributed by atoms with Gasteiger partial charge in [-0.25, -0.2) is 4.98 Å². The summed E-state index contributed by atoms with van der Waals surface area (Å²) in [5.74, 6) is -0.117. The van der Waals surface area contributed by atoms with E-state index >= 15 is 0 Å². The maximum atomic E-state index is 12.2. The van der Waals surface area contributed by atoms with Crippen molar-refractivity contribution in [3.8, 4) is 0 Å². The molecule has 1 N–H and O–H groups in total. The third-order valence-corrected chi connectivity index (χ3v) is 5.37. The second-order valence-corrected chi connectivity index (χ2v) is 7.00. The number of hydrogen-bond donors (Lipinski definition) is 1. The van der Waals surface area contributed by atoms with E-state index in [1.165, 1.54) is 17.0 Å². The van der Waals surface area contributed by atoms with Crippen LogP contribution in [0.3, 0.4) is 0 Å². The van der Waals surface area contributed by atoms with Gasteiger partial charge in [0.15, 0.2) is 0 Å². The Bertz CT molecular complexity index is 680. The van der Waals surface area contributed by atoms with Gasteiger partial charge in [-0.15, -0.1) is 11.3 Å². The molecule has 1 unspecified atom stereocenters. The topological polar surface area (TPSA) is 72.3 Å². The summed E-state index contributed by atoms with van der Waals surface area (Å²) in [5.41, 5.74) is 3.37. The van der Waals surface area contributed by atoms with E-state index in [0.29, 0.717) is 18.3 Å². The van der Waals surface area contributed by atoms with Crippen LogP contribution in [0, 0.1) is 0 Å². The Morgan fingerprint density at radius 2 is 2.29 bits per heavy atom. The van der Waals surface area contributed by atoms with E-state index in [0.717, 1.165) is 39.1 Å². The number of amides is 1. The van der Waals surface area contributed by atoms with Crippen LogP contribution in [0.15, 0.2) is 23.2 Å². The lowest BCUT2D eigenvalue weighted by Gasteiger charge is -2.40. The number of rotatable bonds is 4. The number of thiazole rings is 1. The van der Waals surface area contributed by atoms with Crippen LogP contribution in [0.2, 0.25) is 0 Å². The van der Waals surface area contributed by atoms with Crippen LogP contribution in [-0.4, -0.2) is 57.9 Å². The van der Waals surface area contributed by atoms with Crippen molar-refractivity contribution in [2.45, 2.75) is 31.5 Å². The highest BCUT2D eigenvalue weighted by Gasteiger charge is 2.31. The van der Waals surface area contributed by atoms with Gasteiger partial charge in [-0.2, -0.15) is 5.10 Å². The fraction of sp³-hybridized carbons (Fsp3) is 0.562. The second-order valence-electron chi connectivity index (χ2n) is 6.28. The van der Waals surface area contributed by atoms with Crippen LogP contribution in [0.4, 0.5) is 0 Å². The number of carbonyl (C=O) groups excluding carboxylic acids is 1. The molecule has 2 aliphatic rings. The average molecular weight is 347 g/mol. The predicted octanol–water partition coefficient (Wildman–Crippen LogP) is 1.31. The van der Waals surface area contributed by atoms with E-state index in [1.54, 1.807) is 10.9 Å². The molecule has 1 fully saturated rings. The van der Waals surface area contributed by atoms with Gasteiger partial charge in [0.1, 0.15) is 5.69 Å². The molecule has 0 bridgehead atoms. The first kappa shape index (κ1) is 15.7. The number of nitrogens with one attached hydrogen (secondary N) is 1. The summed E-state index contributed by atoms with van der Waals surface area (Å²) < 4.78 is 7.54. The summed E-state index contributed by atoms with van der Waals surface area (Å²) in [5, 5.41) is 9.23. The summed E-state index contributed by atoms with van der Waals surface area (Å²) in [4.78, 5) is 18.7. The van der Waals surface area contributed by atoms with Crippen molar-refractivity contribution in [1.29, 1.82) is 0 Å². The quantitative estimate of drug-likeness (QED) is 0.903. The van der Waals surface area contributed by atoms with Crippen molar-refractivity contribution in [2.75, 3.05) is 26.3 Å². The summed E-state index contributed by atoms with van der Waals surface area (Å²) in [7, 11) is 0. The molecular formula is C16H21N5O2S. The number of nitrogens with zero attached hydrogens (tertiary/aromatic N) is 4. The van der Waals surface area contributed by atoms with Gasteiger partial charge >= 0.3 is 0 Å². The average Bonchev–Trinajstić information content (AvgIpc) is 3.31. The Morgan fingerprint density at radius 3 is 3.08 bits per heavy atom. The molecule has 0 saturated carbocycles. The highest BCUT2D eigenvalue weighted by atomic mass is 32.1. The molecule has 2 aromatic rings. The fourth-order valence-corrected chi connectivity index (χ4v) is 4.05. The van der Waals surface area contributed by atoms with Crippen molar-refractivity contribution in [2.24, 2.45) is 0 Å². The largest absolute Gasteiger partial charge is 0.381 e. The van der Waals surface area contributed by atoms with Gasteiger partial charge in [0, 0.05) is 50.5 Å². The molecule has 0 aromatic carbocycles. The van der Waals surface area contributed by atoms with Gasteiger partial charge in [0.2, 0.25) is 0 Å². The number of ether oxygens (including phenoxy) is 1. The van der Waals surface area contributed by atoms with E-state index in [-0.39, 0.29) is 11.9 Å². The summed E-state index contributed by atoms with van der Waals surface area (Å²) in [6, 6.07) is 2.77. The Balaban J connectivity index is 1.44. The molecule has 0 aliphatic carbocycles. The lowest BCUT2D eigenvalue weighted by atomic mass is 10.0. The van der Waals surface area contributed by atoms with Gasteiger partial charge in [-0.1, -0.05) is 0 Å². The lowest BCUT2D eigenvalue weighted by molar-refractivity contribution is 0.0166. The van der Waals surface area contributed by atoms with Gasteiger partial charge in [0.25, 0.3) is 5.91 Å². The first-order valence-corrected chi connectivity index (χ1v) is 9.26. The maximum Gasteiger partial charge on any atom is 0.270 e. The molecule has 4 heterocycles. The van der Waals surface area contributed by atoms with Crippen LogP contribution in [0.5, 0.6) is 0 Å². The molecule has 1 atom stereocenters. The number of hydrogen-bond acceptors (Lipinski definition) is 6. The standard InChI is InChI=1S/C16H21N5O2S/c22-16(15-10-24-11-18-15)17-7-14-9-20(12-2-5-23-6-3-12)8-13-1-4-19-21(13)14/h1,4,10-12,14H,2-3,5-9H2,(H,17,22). The zero-order valence-electron chi connectivity index (χ0n) is 13.4. The third-order valence-electron chi connectivity index (χ3n) is 4.78. The Kier molecular flexibility index (Phi) is 4.59. The van der Waals surface area contributed by atoms with E-state index in [2.05, 4.69) is 31.0 Å². The predicted molar refractivity (Wildman–Crippen MR) is 90.0 cm³/mol. The Labute approximate surface area is 144 Å². The van der Waals surface area contributed by atoms with Crippen molar-refractivity contribution in [1.82, 2.24) is 25.0 Å². The van der Waals surface area contributed by atoms with Crippen LogP contribution in [-0.2, 0) is 11.3 Å². The monoisotopic (exact) mass is 347 g/mol. The molecule has 4 rings (SSSR count). The van der Waals surface area contributed by atoms with E-state index < -0.39 is 0 Å². The minimum Gasteiger partial charge on any atom is -0.381 e. The first-order chi connectivity index (χ1) is 11.8. The lowest BCUT2D eigenvalue weighted by Crippen LogP contribution is -2.48. The minimum absolute atomic E-state index is 0.117. The van der Waals surface area contributed by atoms with E-state index in [9.17, 15) is 4.79 Å². The molecule has 128 valence electrons. The number of aromatic nitrogens is 3. The normalized spacial score (nSPS) is 22.2. The molecule has 24 heavy (non-hydrogen) atoms. The number of fused-ring (bicyclic) bond motifs is 1. The molecular weight excluding hydrogens is 326 g/mol. The van der Waals surface area contributed by atoms with Crippen molar-refractivity contribution >= 4 is 17.2 Å². The Morgan fingerprint density at radius 1 is 1.42 bits per heavy atom. The fourth-order valence-electron chi connectivity index (χ4n) is 3.52. The van der Waals surface area contributed by atoms with Crippen molar-refractivity contribution in [3.05, 3.63) is 34.5 Å². The highest BCUT2D eigenvalue weighted by Crippen LogP contribution is 2.25. The first-order valence-electron chi connectivity index (χ1n) is 8.32. The number of carbonyl (C=O) groups is 1. The highest BCUT2D eigenvalue weighted by molar-refractivity contribution is 7.07. The van der Waals surface area contributed by atoms with E-state index in [1.807, 2.05) is 6.20 Å². The van der Waals surface area contributed by atoms with Crippen LogP contribution < -0.4 is 5.32 Å². The van der Waals surface area contributed by atoms with Crippen molar-refractivity contribution < 1.29 is 9.53 Å². The summed E-state index contributed by atoms with van der Waals surface area (Å²) in [6.45, 7) is 4.06. The van der Waals surface area contributed by atoms with Crippen LogP contribution in [0.1, 0.15) is 35.1 Å². The SMILES string of the molecule is O=C(NCC1CN(C2CCOCC2)Cc2ccnn21)c1cscn1. The second kappa shape index (κ2) is 7.00. The van der Waals surface area contributed by atoms with E-state index in [4.69, 9.17) is 4.74 Å².